The maximum absolute atomic E-state index is 12.1. The van der Waals surface area contributed by atoms with Gasteiger partial charge in [-0.1, -0.05) is 11.6 Å². The van der Waals surface area contributed by atoms with E-state index in [0.29, 0.717) is 23.1 Å². The Morgan fingerprint density at radius 1 is 1.65 bits per heavy atom. The minimum Gasteiger partial charge on any atom is -0.383 e. The molecule has 0 bridgehead atoms. The molecule has 20 heavy (non-hydrogen) atoms. The average Bonchev–Trinajstić information content (AvgIpc) is 2.97. The molecule has 1 amide bonds. The normalized spacial score (nSPS) is 21.6. The maximum atomic E-state index is 12.1. The van der Waals surface area contributed by atoms with Crippen LogP contribution in [0.3, 0.4) is 0 Å². The second-order valence-corrected chi connectivity index (χ2v) is 6.25. The van der Waals surface area contributed by atoms with Gasteiger partial charge in [0.05, 0.1) is 17.2 Å². The first-order valence-corrected chi connectivity index (χ1v) is 7.59. The number of hydrogen-bond acceptors (Lipinski definition) is 4. The van der Waals surface area contributed by atoms with E-state index in [-0.39, 0.29) is 23.9 Å². The molecule has 0 spiro atoms. The Kier molecular flexibility index (Phi) is 6.75. The van der Waals surface area contributed by atoms with Crippen molar-refractivity contribution < 1.29 is 9.53 Å². The number of methoxy groups -OCH3 is 1. The van der Waals surface area contributed by atoms with Crippen molar-refractivity contribution in [2.75, 3.05) is 26.8 Å². The summed E-state index contributed by atoms with van der Waals surface area (Å²) in [5, 5.41) is 8.85. The summed E-state index contributed by atoms with van der Waals surface area (Å²) in [6.45, 7) is 4.04. The molecule has 4 nitrogen and oxygen atoms in total. The third-order valence-electron chi connectivity index (χ3n) is 3.45. The first kappa shape index (κ1) is 17.7. The molecule has 1 unspecified atom stereocenters. The molecule has 1 aromatic rings. The van der Waals surface area contributed by atoms with Gasteiger partial charge in [-0.2, -0.15) is 0 Å². The summed E-state index contributed by atoms with van der Waals surface area (Å²) in [7, 11) is 1.68. The second-order valence-electron chi connectivity index (χ2n) is 4.99. The van der Waals surface area contributed by atoms with Crippen molar-refractivity contribution in [3.63, 3.8) is 0 Å². The van der Waals surface area contributed by atoms with E-state index < -0.39 is 0 Å². The molecule has 0 aromatic carbocycles. The highest BCUT2D eigenvalue weighted by Gasteiger charge is 2.34. The van der Waals surface area contributed by atoms with Gasteiger partial charge in [0.15, 0.2) is 0 Å². The summed E-state index contributed by atoms with van der Waals surface area (Å²) in [6.07, 6.45) is 2.12. The zero-order chi connectivity index (χ0) is 13.9. The molecule has 1 saturated heterocycles. The van der Waals surface area contributed by atoms with Crippen molar-refractivity contribution in [1.82, 2.24) is 10.6 Å². The zero-order valence-electron chi connectivity index (χ0n) is 11.6. The van der Waals surface area contributed by atoms with Gasteiger partial charge in [-0.05, 0) is 37.3 Å². The van der Waals surface area contributed by atoms with E-state index >= 15 is 0 Å². The van der Waals surface area contributed by atoms with Gasteiger partial charge >= 0.3 is 0 Å². The van der Waals surface area contributed by atoms with Crippen molar-refractivity contribution >= 4 is 41.3 Å². The van der Waals surface area contributed by atoms with E-state index in [0.717, 1.165) is 24.9 Å². The Labute approximate surface area is 134 Å². The van der Waals surface area contributed by atoms with Gasteiger partial charge in [0.25, 0.3) is 5.91 Å². The minimum atomic E-state index is -0.136. The van der Waals surface area contributed by atoms with Crippen LogP contribution < -0.4 is 10.6 Å². The molecule has 7 heteroatoms. The van der Waals surface area contributed by atoms with E-state index in [9.17, 15) is 4.79 Å². The van der Waals surface area contributed by atoms with Gasteiger partial charge in [0, 0.05) is 13.7 Å². The van der Waals surface area contributed by atoms with Crippen molar-refractivity contribution in [3.8, 4) is 0 Å². The molecule has 1 atom stereocenters. The number of hydrogen-bond donors (Lipinski definition) is 2. The van der Waals surface area contributed by atoms with Crippen molar-refractivity contribution in [2.24, 2.45) is 0 Å². The van der Waals surface area contributed by atoms with E-state index in [1.54, 1.807) is 7.11 Å². The molecule has 2 rings (SSSR count). The summed E-state index contributed by atoms with van der Waals surface area (Å²) in [6, 6.07) is 0. The van der Waals surface area contributed by atoms with Crippen LogP contribution in [0.25, 0.3) is 0 Å². The summed E-state index contributed by atoms with van der Waals surface area (Å²) in [4.78, 5) is 12.7. The topological polar surface area (TPSA) is 50.4 Å². The highest BCUT2D eigenvalue weighted by Crippen LogP contribution is 2.27. The largest absolute Gasteiger partial charge is 0.383 e. The molecule has 1 aliphatic rings. The number of nitrogens with one attached hydrogen (secondary N) is 2. The third kappa shape index (κ3) is 3.86. The molecule has 0 saturated carbocycles. The molecule has 1 fully saturated rings. The Morgan fingerprint density at radius 3 is 2.90 bits per heavy atom. The number of carbonyl (C=O) groups excluding carboxylic acids is 1. The van der Waals surface area contributed by atoms with E-state index in [4.69, 9.17) is 16.3 Å². The molecule has 2 heterocycles. The van der Waals surface area contributed by atoms with Gasteiger partial charge in [0.2, 0.25) is 0 Å². The highest BCUT2D eigenvalue weighted by molar-refractivity contribution is 7.13. The number of ether oxygens (including phenoxy) is 1. The lowest BCUT2D eigenvalue weighted by Gasteiger charge is -2.28. The van der Waals surface area contributed by atoms with Crippen molar-refractivity contribution in [1.29, 1.82) is 0 Å². The minimum absolute atomic E-state index is 0. The molecule has 0 radical (unpaired) electrons. The monoisotopic (exact) mass is 338 g/mol. The van der Waals surface area contributed by atoms with Crippen molar-refractivity contribution in [3.05, 3.63) is 20.8 Å². The lowest BCUT2D eigenvalue weighted by atomic mass is 9.98. The van der Waals surface area contributed by atoms with Gasteiger partial charge in [-0.3, -0.25) is 4.79 Å². The Balaban J connectivity index is 0.00000200. The number of carbonyl (C=O) groups is 1. The highest BCUT2D eigenvalue weighted by atomic mass is 35.5. The number of aryl methyl sites for hydroxylation is 1. The standard InChI is InChI=1S/C13H19ClN2O2S.ClH/c1-9-6-19-11(10(9)14)12(17)15-7-13(8-18-2)4-3-5-16-13;/h6,16H,3-5,7-8H2,1-2H3,(H,15,17);1H. The average molecular weight is 339 g/mol. The fourth-order valence-electron chi connectivity index (χ4n) is 2.38. The zero-order valence-corrected chi connectivity index (χ0v) is 14.0. The van der Waals surface area contributed by atoms with Crippen LogP contribution in [0, 0.1) is 6.92 Å². The third-order valence-corrected chi connectivity index (χ3v) is 5.14. The van der Waals surface area contributed by atoms with Crippen LogP contribution in [0.15, 0.2) is 5.38 Å². The van der Waals surface area contributed by atoms with Gasteiger partial charge in [-0.25, -0.2) is 0 Å². The number of amides is 1. The first-order chi connectivity index (χ1) is 9.08. The van der Waals surface area contributed by atoms with E-state index in [1.165, 1.54) is 11.3 Å². The number of thiophene rings is 1. The lowest BCUT2D eigenvalue weighted by molar-refractivity contribution is 0.0896. The Morgan fingerprint density at radius 2 is 2.40 bits per heavy atom. The second kappa shape index (κ2) is 7.61. The molecule has 114 valence electrons. The molecule has 2 N–H and O–H groups in total. The van der Waals surface area contributed by atoms with Crippen LogP contribution in [0.1, 0.15) is 28.1 Å². The fraction of sp³-hybridized carbons (Fsp3) is 0.615. The van der Waals surface area contributed by atoms with E-state index in [1.807, 2.05) is 12.3 Å². The predicted octanol–water partition coefficient (Wildman–Crippen LogP) is 2.63. The molecule has 1 aliphatic heterocycles. The Bertz CT molecular complexity index is 459. The summed E-state index contributed by atoms with van der Waals surface area (Å²) < 4.78 is 5.26. The van der Waals surface area contributed by atoms with Gasteiger partial charge in [0.1, 0.15) is 4.88 Å². The quantitative estimate of drug-likeness (QED) is 0.867. The fourth-order valence-corrected chi connectivity index (χ4v) is 3.58. The van der Waals surface area contributed by atoms with E-state index in [2.05, 4.69) is 10.6 Å². The van der Waals surface area contributed by atoms with Gasteiger partial charge in [-0.15, -0.1) is 23.7 Å². The predicted molar refractivity (Wildman–Crippen MR) is 85.5 cm³/mol. The lowest BCUT2D eigenvalue weighted by Crippen LogP contribution is -2.52. The smallest absolute Gasteiger partial charge is 0.262 e. The van der Waals surface area contributed by atoms with Crippen LogP contribution in [0.2, 0.25) is 5.02 Å². The maximum Gasteiger partial charge on any atom is 0.262 e. The van der Waals surface area contributed by atoms with Crippen LogP contribution in [0.5, 0.6) is 0 Å². The molecular weight excluding hydrogens is 319 g/mol. The SMILES string of the molecule is COCC1(CNC(=O)c2scc(C)c2Cl)CCCN1.Cl. The Hall–Kier alpha value is -0.330. The van der Waals surface area contributed by atoms with Crippen LogP contribution in [-0.2, 0) is 4.74 Å². The summed E-state index contributed by atoms with van der Waals surface area (Å²) in [5.74, 6) is -0.104. The number of halogens is 2. The van der Waals surface area contributed by atoms with Gasteiger partial charge < -0.3 is 15.4 Å². The number of rotatable bonds is 5. The molecule has 1 aromatic heterocycles. The molecular formula is C13H20Cl2N2O2S. The summed E-state index contributed by atoms with van der Waals surface area (Å²) in [5.41, 5.74) is 0.811. The first-order valence-electron chi connectivity index (χ1n) is 6.34. The van der Waals surface area contributed by atoms with Crippen LogP contribution in [-0.4, -0.2) is 38.3 Å². The van der Waals surface area contributed by atoms with Crippen LogP contribution in [0.4, 0.5) is 0 Å². The van der Waals surface area contributed by atoms with Crippen LogP contribution >= 0.6 is 35.3 Å². The summed E-state index contributed by atoms with van der Waals surface area (Å²) >= 11 is 7.49. The van der Waals surface area contributed by atoms with Crippen molar-refractivity contribution in [2.45, 2.75) is 25.3 Å². The molecule has 0 aliphatic carbocycles.